The molecule has 0 aliphatic rings. The molecule has 1 heterocycles. The number of hydrogen-bond acceptors (Lipinski definition) is 4. The van der Waals surface area contributed by atoms with Gasteiger partial charge in [-0.15, -0.1) is 22.0 Å². The van der Waals surface area contributed by atoms with Gasteiger partial charge < -0.3 is 5.11 Å². The average molecular weight is 247 g/mol. The minimum absolute atomic E-state index is 0.200. The molecule has 5 heteroatoms. The Labute approximate surface area is 99.2 Å². The van der Waals surface area contributed by atoms with Gasteiger partial charge in [0.25, 0.3) is 0 Å². The van der Waals surface area contributed by atoms with Crippen LogP contribution in [0.5, 0.6) is 0 Å². The van der Waals surface area contributed by atoms with Crippen LogP contribution in [0.25, 0.3) is 0 Å². The third-order valence-corrected chi connectivity index (χ3v) is 3.99. The second-order valence-corrected chi connectivity index (χ2v) is 5.01. The largest absolute Gasteiger partial charge is 0.396 e. The predicted molar refractivity (Wildman–Crippen MR) is 63.5 cm³/mol. The first-order chi connectivity index (χ1) is 7.06. The normalized spacial score (nSPS) is 12.9. The fourth-order valence-corrected chi connectivity index (χ4v) is 2.16. The number of thioether (sulfide) groups is 1. The van der Waals surface area contributed by atoms with Crippen molar-refractivity contribution in [1.82, 2.24) is 10.2 Å². The lowest BCUT2D eigenvalue weighted by atomic mass is 10.2. The fraction of sp³-hybridized carbons (Fsp3) is 0.600. The highest BCUT2D eigenvalue weighted by Crippen LogP contribution is 2.26. The van der Waals surface area contributed by atoms with E-state index < -0.39 is 0 Å². The van der Waals surface area contributed by atoms with Gasteiger partial charge in [0.05, 0.1) is 0 Å². The number of aliphatic hydroxyl groups is 1. The Hall–Kier alpha value is -0.320. The molecule has 0 saturated heterocycles. The number of aromatic nitrogens is 2. The number of nitrogens with zero attached hydrogens (tertiary/aromatic N) is 2. The molecule has 0 fully saturated rings. The number of hydrogen-bond donors (Lipinski definition) is 1. The van der Waals surface area contributed by atoms with E-state index in [2.05, 4.69) is 10.2 Å². The molecule has 0 aromatic carbocycles. The van der Waals surface area contributed by atoms with Crippen molar-refractivity contribution in [3.63, 3.8) is 0 Å². The SMILES string of the molecule is Cc1c(Cl)nnc(SCC(C)CO)c1C. The average Bonchev–Trinajstić information content (AvgIpc) is 2.24. The van der Waals surface area contributed by atoms with Crippen LogP contribution in [-0.2, 0) is 0 Å². The van der Waals surface area contributed by atoms with Gasteiger partial charge >= 0.3 is 0 Å². The maximum Gasteiger partial charge on any atom is 0.154 e. The van der Waals surface area contributed by atoms with Gasteiger partial charge in [-0.3, -0.25) is 0 Å². The zero-order valence-corrected chi connectivity index (χ0v) is 10.7. The molecule has 0 amide bonds. The van der Waals surface area contributed by atoms with Crippen LogP contribution < -0.4 is 0 Å². The minimum atomic E-state index is 0.200. The van der Waals surface area contributed by atoms with E-state index in [0.717, 1.165) is 21.9 Å². The fourth-order valence-electron chi connectivity index (χ4n) is 0.965. The van der Waals surface area contributed by atoms with Crippen LogP contribution in [-0.4, -0.2) is 27.7 Å². The highest BCUT2D eigenvalue weighted by Gasteiger charge is 2.10. The summed E-state index contributed by atoms with van der Waals surface area (Å²) in [5.74, 6) is 1.11. The predicted octanol–water partition coefficient (Wildman–Crippen LogP) is 2.47. The van der Waals surface area contributed by atoms with Crippen LogP contribution in [0.2, 0.25) is 5.15 Å². The Kier molecular flexibility index (Phi) is 4.83. The van der Waals surface area contributed by atoms with Crippen molar-refractivity contribution in [2.24, 2.45) is 5.92 Å². The molecule has 1 aromatic rings. The molecule has 1 unspecified atom stereocenters. The third-order valence-electron chi connectivity index (χ3n) is 2.24. The van der Waals surface area contributed by atoms with E-state index in [4.69, 9.17) is 16.7 Å². The molecule has 1 atom stereocenters. The highest BCUT2D eigenvalue weighted by atomic mass is 35.5. The summed E-state index contributed by atoms with van der Waals surface area (Å²) in [6, 6.07) is 0. The first-order valence-electron chi connectivity index (χ1n) is 4.79. The number of aliphatic hydroxyl groups excluding tert-OH is 1. The van der Waals surface area contributed by atoms with E-state index in [0.29, 0.717) is 5.15 Å². The van der Waals surface area contributed by atoms with Gasteiger partial charge in [-0.25, -0.2) is 0 Å². The highest BCUT2D eigenvalue weighted by molar-refractivity contribution is 7.99. The van der Waals surface area contributed by atoms with Crippen LogP contribution in [0.15, 0.2) is 5.03 Å². The van der Waals surface area contributed by atoms with Crippen LogP contribution >= 0.6 is 23.4 Å². The summed E-state index contributed by atoms with van der Waals surface area (Å²) in [5.41, 5.74) is 2.05. The van der Waals surface area contributed by atoms with E-state index in [1.54, 1.807) is 11.8 Å². The van der Waals surface area contributed by atoms with Gasteiger partial charge in [-0.1, -0.05) is 18.5 Å². The third kappa shape index (κ3) is 3.33. The van der Waals surface area contributed by atoms with Gasteiger partial charge in [0.1, 0.15) is 5.03 Å². The zero-order chi connectivity index (χ0) is 11.4. The van der Waals surface area contributed by atoms with Gasteiger partial charge in [-0.2, -0.15) is 0 Å². The lowest BCUT2D eigenvalue weighted by molar-refractivity contribution is 0.250. The molecule has 0 radical (unpaired) electrons. The number of halogens is 1. The van der Waals surface area contributed by atoms with Crippen LogP contribution in [0.1, 0.15) is 18.1 Å². The summed E-state index contributed by atoms with van der Waals surface area (Å²) in [4.78, 5) is 0. The molecule has 1 N–H and O–H groups in total. The van der Waals surface area contributed by atoms with Crippen molar-refractivity contribution in [1.29, 1.82) is 0 Å². The molecular weight excluding hydrogens is 232 g/mol. The molecular formula is C10H15ClN2OS. The first-order valence-corrected chi connectivity index (χ1v) is 6.15. The molecule has 15 heavy (non-hydrogen) atoms. The first kappa shape index (κ1) is 12.7. The van der Waals surface area contributed by atoms with Gasteiger partial charge in [0.2, 0.25) is 0 Å². The summed E-state index contributed by atoms with van der Waals surface area (Å²) < 4.78 is 0. The second-order valence-electron chi connectivity index (χ2n) is 3.64. The maximum absolute atomic E-state index is 8.91. The summed E-state index contributed by atoms with van der Waals surface area (Å²) in [6.45, 7) is 6.12. The van der Waals surface area contributed by atoms with E-state index >= 15 is 0 Å². The maximum atomic E-state index is 8.91. The molecule has 0 aliphatic carbocycles. The lowest BCUT2D eigenvalue weighted by Crippen LogP contribution is -2.04. The molecule has 0 spiro atoms. The Morgan fingerprint density at radius 3 is 2.60 bits per heavy atom. The van der Waals surface area contributed by atoms with E-state index in [1.165, 1.54) is 0 Å². The lowest BCUT2D eigenvalue weighted by Gasteiger charge is -2.09. The molecule has 0 bridgehead atoms. The van der Waals surface area contributed by atoms with Crippen molar-refractivity contribution in [2.45, 2.75) is 25.8 Å². The van der Waals surface area contributed by atoms with Gasteiger partial charge in [0.15, 0.2) is 5.15 Å². The second kappa shape index (κ2) is 5.68. The standard InChI is InChI=1S/C10H15ClN2OS/c1-6(4-14)5-15-10-8(3)7(2)9(11)12-13-10/h6,14H,4-5H2,1-3H3. The monoisotopic (exact) mass is 246 g/mol. The Balaban J connectivity index is 2.74. The van der Waals surface area contributed by atoms with Crippen molar-refractivity contribution >= 4 is 23.4 Å². The summed E-state index contributed by atoms with van der Waals surface area (Å²) in [6.07, 6.45) is 0. The molecule has 3 nitrogen and oxygen atoms in total. The van der Waals surface area contributed by atoms with Crippen molar-refractivity contribution in [3.05, 3.63) is 16.3 Å². The minimum Gasteiger partial charge on any atom is -0.396 e. The smallest absolute Gasteiger partial charge is 0.154 e. The van der Waals surface area contributed by atoms with E-state index in [-0.39, 0.29) is 12.5 Å². The topological polar surface area (TPSA) is 46.0 Å². The quantitative estimate of drug-likeness (QED) is 0.830. The number of rotatable bonds is 4. The summed E-state index contributed by atoms with van der Waals surface area (Å²) in [5, 5.41) is 18.2. The van der Waals surface area contributed by atoms with Crippen LogP contribution in [0.3, 0.4) is 0 Å². The van der Waals surface area contributed by atoms with Gasteiger partial charge in [0, 0.05) is 12.4 Å². The molecule has 84 valence electrons. The van der Waals surface area contributed by atoms with Crippen LogP contribution in [0.4, 0.5) is 0 Å². The molecule has 0 aliphatic heterocycles. The molecule has 1 rings (SSSR count). The Bertz CT molecular complexity index is 346. The van der Waals surface area contributed by atoms with Crippen molar-refractivity contribution < 1.29 is 5.11 Å². The summed E-state index contributed by atoms with van der Waals surface area (Å²) in [7, 11) is 0. The Morgan fingerprint density at radius 1 is 1.33 bits per heavy atom. The van der Waals surface area contributed by atoms with Crippen LogP contribution in [0, 0.1) is 19.8 Å². The van der Waals surface area contributed by atoms with Crippen molar-refractivity contribution in [2.75, 3.05) is 12.4 Å². The summed E-state index contributed by atoms with van der Waals surface area (Å²) >= 11 is 7.46. The Morgan fingerprint density at radius 2 is 2.00 bits per heavy atom. The van der Waals surface area contributed by atoms with Crippen molar-refractivity contribution in [3.8, 4) is 0 Å². The van der Waals surface area contributed by atoms with E-state index in [9.17, 15) is 0 Å². The van der Waals surface area contributed by atoms with E-state index in [1.807, 2.05) is 20.8 Å². The molecule has 0 saturated carbocycles. The molecule has 1 aromatic heterocycles. The zero-order valence-electron chi connectivity index (χ0n) is 9.12. The van der Waals surface area contributed by atoms with Gasteiger partial charge in [-0.05, 0) is 30.9 Å².